The molecule has 0 aromatic carbocycles. The zero-order valence-electron chi connectivity index (χ0n) is 5.22. The Morgan fingerprint density at radius 1 is 1.38 bits per heavy atom. The maximum Gasteiger partial charge on any atom is 0.0135 e. The van der Waals surface area contributed by atoms with E-state index in [1.807, 2.05) is 0 Å². The molecule has 1 N–H and O–H groups in total. The third kappa shape index (κ3) is 4.22. The van der Waals surface area contributed by atoms with Gasteiger partial charge < -0.3 is 5.32 Å². The molecule has 1 rings (SSSR count). The lowest BCUT2D eigenvalue weighted by molar-refractivity contribution is 0.728. The second kappa shape index (κ2) is 7.05. The Balaban J connectivity index is 0.000000222. The number of hydrogen-bond donors (Lipinski definition) is 2. The lowest BCUT2D eigenvalue weighted by Gasteiger charge is -2.01. The fraction of sp³-hybridized carbons (Fsp3) is 0.667. The van der Waals surface area contributed by atoms with Gasteiger partial charge in [0.25, 0.3) is 0 Å². The Morgan fingerprint density at radius 3 is 2.25 bits per heavy atom. The van der Waals surface area contributed by atoms with Gasteiger partial charge in [0.2, 0.25) is 0 Å². The summed E-state index contributed by atoms with van der Waals surface area (Å²) in [5.41, 5.74) is 0. The quantitative estimate of drug-likeness (QED) is 0.370. The minimum absolute atomic E-state index is 1.07. The van der Waals surface area contributed by atoms with E-state index < -0.39 is 0 Å². The molecular weight excluding hydrogens is 118 g/mol. The van der Waals surface area contributed by atoms with Crippen molar-refractivity contribution in [1.82, 2.24) is 5.32 Å². The summed E-state index contributed by atoms with van der Waals surface area (Å²) in [6.07, 6.45) is 7.26. The summed E-state index contributed by atoms with van der Waals surface area (Å²) in [4.78, 5) is 0. The van der Waals surface area contributed by atoms with Crippen molar-refractivity contribution in [2.45, 2.75) is 6.42 Å². The van der Waals surface area contributed by atoms with E-state index in [2.05, 4.69) is 30.1 Å². The topological polar surface area (TPSA) is 12.0 Å². The molecular formula is C6H13NS. The van der Waals surface area contributed by atoms with Crippen LogP contribution in [-0.4, -0.2) is 19.3 Å². The highest BCUT2D eigenvalue weighted by Gasteiger charge is 1.84. The van der Waals surface area contributed by atoms with Crippen molar-refractivity contribution in [1.29, 1.82) is 0 Å². The summed E-state index contributed by atoms with van der Waals surface area (Å²) in [5, 5.41) is 3.20. The van der Waals surface area contributed by atoms with E-state index in [0.29, 0.717) is 0 Å². The van der Waals surface area contributed by atoms with E-state index >= 15 is 0 Å². The molecule has 0 unspecified atom stereocenters. The number of rotatable bonds is 0. The smallest absolute Gasteiger partial charge is 0.0135 e. The molecule has 0 atom stereocenters. The highest BCUT2D eigenvalue weighted by Crippen LogP contribution is 1.84. The minimum atomic E-state index is 1.07. The zero-order valence-corrected chi connectivity index (χ0v) is 6.12. The van der Waals surface area contributed by atoms with E-state index in [1.54, 1.807) is 6.26 Å². The van der Waals surface area contributed by atoms with Crippen LogP contribution in [0.3, 0.4) is 0 Å². The van der Waals surface area contributed by atoms with Gasteiger partial charge in [0, 0.05) is 6.54 Å². The van der Waals surface area contributed by atoms with Crippen LogP contribution in [0, 0.1) is 0 Å². The first-order chi connectivity index (χ1) is 4.00. The highest BCUT2D eigenvalue weighted by molar-refractivity contribution is 7.79. The summed E-state index contributed by atoms with van der Waals surface area (Å²) in [7, 11) is 0. The van der Waals surface area contributed by atoms with Crippen LogP contribution in [0.5, 0.6) is 0 Å². The summed E-state index contributed by atoms with van der Waals surface area (Å²) in [6.45, 7) is 2.23. The Bertz CT molecular complexity index is 53.5. The maximum absolute atomic E-state index is 3.53. The van der Waals surface area contributed by atoms with Gasteiger partial charge in [-0.2, -0.15) is 12.6 Å². The summed E-state index contributed by atoms with van der Waals surface area (Å²) in [5.74, 6) is 0. The van der Waals surface area contributed by atoms with Gasteiger partial charge >= 0.3 is 0 Å². The number of nitrogens with one attached hydrogen (secondary N) is 1. The standard InChI is InChI=1S/C5H9N.CH4S/c1-2-4-6-5-3-1;1-2/h1-2,6H,3-5H2;2H,1H3. The van der Waals surface area contributed by atoms with Gasteiger partial charge in [0.1, 0.15) is 0 Å². The predicted octanol–water partition coefficient (Wildman–Crippen LogP) is 1.08. The van der Waals surface area contributed by atoms with Crippen molar-refractivity contribution in [3.63, 3.8) is 0 Å². The average Bonchev–Trinajstić information content (AvgIpc) is 1.96. The van der Waals surface area contributed by atoms with Crippen LogP contribution in [0.2, 0.25) is 0 Å². The van der Waals surface area contributed by atoms with Gasteiger partial charge in [-0.3, -0.25) is 0 Å². The fourth-order valence-electron chi connectivity index (χ4n) is 0.572. The van der Waals surface area contributed by atoms with E-state index in [9.17, 15) is 0 Å². The minimum Gasteiger partial charge on any atom is -0.313 e. The maximum atomic E-state index is 3.53. The SMILES string of the molecule is C1=CCNCC1.CS. The van der Waals surface area contributed by atoms with Gasteiger partial charge in [-0.15, -0.1) is 0 Å². The molecule has 48 valence electrons. The first-order valence-electron chi connectivity index (χ1n) is 2.80. The van der Waals surface area contributed by atoms with Crippen molar-refractivity contribution in [3.05, 3.63) is 12.2 Å². The summed E-state index contributed by atoms with van der Waals surface area (Å²) < 4.78 is 0. The highest BCUT2D eigenvalue weighted by atomic mass is 32.1. The molecule has 0 amide bonds. The average molecular weight is 131 g/mol. The van der Waals surface area contributed by atoms with Crippen LogP contribution in [0.1, 0.15) is 6.42 Å². The normalized spacial score (nSPS) is 16.8. The lowest BCUT2D eigenvalue weighted by Crippen LogP contribution is -2.17. The monoisotopic (exact) mass is 131 g/mol. The summed E-state index contributed by atoms with van der Waals surface area (Å²) >= 11 is 3.53. The third-order valence-corrected chi connectivity index (χ3v) is 0.917. The molecule has 2 heteroatoms. The zero-order chi connectivity index (χ0) is 6.24. The first kappa shape index (κ1) is 8.05. The van der Waals surface area contributed by atoms with Crippen molar-refractivity contribution < 1.29 is 0 Å². The Labute approximate surface area is 56.6 Å². The van der Waals surface area contributed by atoms with Crippen LogP contribution in [0.15, 0.2) is 12.2 Å². The van der Waals surface area contributed by atoms with Gasteiger partial charge in [-0.1, -0.05) is 12.2 Å². The second-order valence-electron chi connectivity index (χ2n) is 1.46. The predicted molar refractivity (Wildman–Crippen MR) is 41.5 cm³/mol. The largest absolute Gasteiger partial charge is 0.313 e. The molecule has 8 heavy (non-hydrogen) atoms. The fourth-order valence-corrected chi connectivity index (χ4v) is 0.572. The molecule has 0 aliphatic carbocycles. The van der Waals surface area contributed by atoms with Crippen LogP contribution < -0.4 is 5.32 Å². The third-order valence-electron chi connectivity index (χ3n) is 0.917. The van der Waals surface area contributed by atoms with Crippen LogP contribution in [-0.2, 0) is 0 Å². The van der Waals surface area contributed by atoms with Crippen molar-refractivity contribution in [3.8, 4) is 0 Å². The molecule has 1 heterocycles. The molecule has 0 aromatic rings. The van der Waals surface area contributed by atoms with Gasteiger partial charge in [-0.25, -0.2) is 0 Å². The molecule has 0 saturated carbocycles. The van der Waals surface area contributed by atoms with E-state index in [0.717, 1.165) is 13.1 Å². The molecule has 0 saturated heterocycles. The van der Waals surface area contributed by atoms with Crippen LogP contribution >= 0.6 is 12.6 Å². The molecule has 0 spiro atoms. The Morgan fingerprint density at radius 2 is 2.12 bits per heavy atom. The van der Waals surface area contributed by atoms with Gasteiger partial charge in [0.05, 0.1) is 0 Å². The van der Waals surface area contributed by atoms with E-state index in [-0.39, 0.29) is 0 Å². The van der Waals surface area contributed by atoms with E-state index in [1.165, 1.54) is 6.42 Å². The molecule has 1 aliphatic rings. The second-order valence-corrected chi connectivity index (χ2v) is 1.46. The van der Waals surface area contributed by atoms with Crippen molar-refractivity contribution in [2.75, 3.05) is 19.3 Å². The van der Waals surface area contributed by atoms with Gasteiger partial charge in [-0.05, 0) is 19.2 Å². The molecule has 1 aliphatic heterocycles. The summed E-state index contributed by atoms with van der Waals surface area (Å²) in [6, 6.07) is 0. The van der Waals surface area contributed by atoms with Gasteiger partial charge in [0.15, 0.2) is 0 Å². The molecule has 0 aromatic heterocycles. The molecule has 0 bridgehead atoms. The Kier molecular flexibility index (Phi) is 7.09. The number of thiol groups is 1. The van der Waals surface area contributed by atoms with Crippen LogP contribution in [0.4, 0.5) is 0 Å². The molecule has 1 nitrogen and oxygen atoms in total. The lowest BCUT2D eigenvalue weighted by atomic mass is 10.3. The molecule has 0 fully saturated rings. The Hall–Kier alpha value is 0.0500. The number of hydrogen-bond acceptors (Lipinski definition) is 2. The first-order valence-corrected chi connectivity index (χ1v) is 3.70. The van der Waals surface area contributed by atoms with Crippen molar-refractivity contribution in [2.24, 2.45) is 0 Å². The van der Waals surface area contributed by atoms with Crippen LogP contribution in [0.25, 0.3) is 0 Å². The molecule has 0 radical (unpaired) electrons. The van der Waals surface area contributed by atoms with E-state index in [4.69, 9.17) is 0 Å². The van der Waals surface area contributed by atoms with Crippen molar-refractivity contribution >= 4 is 12.6 Å².